The van der Waals surface area contributed by atoms with Crippen molar-refractivity contribution in [2.24, 2.45) is 0 Å². The van der Waals surface area contributed by atoms with E-state index in [9.17, 15) is 0 Å². The van der Waals surface area contributed by atoms with Gasteiger partial charge in [0.15, 0.2) is 5.65 Å². The predicted molar refractivity (Wildman–Crippen MR) is 75.7 cm³/mol. The fraction of sp³-hybridized carbons (Fsp3) is 0.143. The highest BCUT2D eigenvalue weighted by molar-refractivity contribution is 5.87. The van der Waals surface area contributed by atoms with Crippen LogP contribution in [0.15, 0.2) is 30.5 Å². The van der Waals surface area contributed by atoms with Crippen LogP contribution >= 0.6 is 0 Å². The van der Waals surface area contributed by atoms with Crippen LogP contribution in [0.2, 0.25) is 0 Å². The standard InChI is InChI=1S/C14H12N6/c1-9-18-13(16-2)12-8-17-20(14(12)19-9)11-5-3-4-10(6-11)7-15/h3-6,8H,1-2H3,(H,16,18,19). The number of aromatic nitrogens is 4. The Bertz CT molecular complexity index is 827. The lowest BCUT2D eigenvalue weighted by Gasteiger charge is -2.05. The minimum atomic E-state index is 0.589. The summed E-state index contributed by atoms with van der Waals surface area (Å²) in [7, 11) is 1.81. The molecule has 2 aromatic heterocycles. The number of aryl methyl sites for hydroxylation is 1. The Kier molecular flexibility index (Phi) is 2.80. The second kappa shape index (κ2) is 4.63. The third kappa shape index (κ3) is 1.86. The lowest BCUT2D eigenvalue weighted by molar-refractivity contribution is 0.889. The summed E-state index contributed by atoms with van der Waals surface area (Å²) in [5.41, 5.74) is 2.11. The molecule has 98 valence electrons. The van der Waals surface area contributed by atoms with Crippen LogP contribution in [0, 0.1) is 18.3 Å². The van der Waals surface area contributed by atoms with E-state index in [2.05, 4.69) is 26.5 Å². The highest BCUT2D eigenvalue weighted by atomic mass is 15.3. The number of nitrogens with zero attached hydrogens (tertiary/aromatic N) is 5. The number of hydrogen-bond donors (Lipinski definition) is 1. The fourth-order valence-corrected chi connectivity index (χ4v) is 2.10. The minimum absolute atomic E-state index is 0.589. The molecular formula is C14H12N6. The van der Waals surface area contributed by atoms with Gasteiger partial charge in [0.2, 0.25) is 0 Å². The Hall–Kier alpha value is -2.94. The molecule has 0 radical (unpaired) electrons. The van der Waals surface area contributed by atoms with Gasteiger partial charge in [0.1, 0.15) is 11.6 Å². The molecule has 0 atom stereocenters. The minimum Gasteiger partial charge on any atom is -0.372 e. The zero-order valence-corrected chi connectivity index (χ0v) is 11.1. The number of hydrogen-bond acceptors (Lipinski definition) is 5. The topological polar surface area (TPSA) is 79.4 Å². The first-order chi connectivity index (χ1) is 9.72. The first-order valence-electron chi connectivity index (χ1n) is 6.13. The maximum atomic E-state index is 8.98. The summed E-state index contributed by atoms with van der Waals surface area (Å²) in [5, 5.41) is 17.2. The molecule has 3 aromatic rings. The van der Waals surface area contributed by atoms with E-state index in [4.69, 9.17) is 5.26 Å². The molecular weight excluding hydrogens is 252 g/mol. The number of fused-ring (bicyclic) bond motifs is 1. The Balaban J connectivity index is 2.27. The first-order valence-corrected chi connectivity index (χ1v) is 6.13. The van der Waals surface area contributed by atoms with Crippen LogP contribution in [0.25, 0.3) is 16.7 Å². The fourth-order valence-electron chi connectivity index (χ4n) is 2.10. The summed E-state index contributed by atoms with van der Waals surface area (Å²) in [6.45, 7) is 1.84. The first kappa shape index (κ1) is 12.1. The number of nitriles is 1. The van der Waals surface area contributed by atoms with E-state index in [0.717, 1.165) is 22.5 Å². The molecule has 0 aliphatic heterocycles. The van der Waals surface area contributed by atoms with Crippen LogP contribution in [-0.4, -0.2) is 26.8 Å². The van der Waals surface area contributed by atoms with Gasteiger partial charge in [0.25, 0.3) is 0 Å². The van der Waals surface area contributed by atoms with Crippen molar-refractivity contribution in [2.75, 3.05) is 12.4 Å². The molecule has 0 spiro atoms. The summed E-state index contributed by atoms with van der Waals surface area (Å²) < 4.78 is 1.71. The number of rotatable bonds is 2. The lowest BCUT2D eigenvalue weighted by Crippen LogP contribution is -2.02. The van der Waals surface area contributed by atoms with Crippen molar-refractivity contribution < 1.29 is 0 Å². The maximum Gasteiger partial charge on any atom is 0.168 e. The third-order valence-electron chi connectivity index (χ3n) is 3.00. The third-order valence-corrected chi connectivity index (χ3v) is 3.00. The maximum absolute atomic E-state index is 8.98. The van der Waals surface area contributed by atoms with Gasteiger partial charge in [0.05, 0.1) is 28.9 Å². The van der Waals surface area contributed by atoms with E-state index >= 15 is 0 Å². The van der Waals surface area contributed by atoms with Gasteiger partial charge in [0, 0.05) is 7.05 Å². The SMILES string of the molecule is CNc1nc(C)nc2c1cnn2-c1cccc(C#N)c1. The summed E-state index contributed by atoms with van der Waals surface area (Å²) in [5.74, 6) is 1.41. The quantitative estimate of drug-likeness (QED) is 0.766. The van der Waals surface area contributed by atoms with E-state index in [1.54, 1.807) is 23.0 Å². The molecule has 0 bridgehead atoms. The number of nitrogens with one attached hydrogen (secondary N) is 1. The van der Waals surface area contributed by atoms with Gasteiger partial charge in [-0.15, -0.1) is 0 Å². The highest BCUT2D eigenvalue weighted by Crippen LogP contribution is 2.22. The molecule has 0 amide bonds. The summed E-state index contributed by atoms with van der Waals surface area (Å²) in [6, 6.07) is 9.38. The van der Waals surface area contributed by atoms with Crippen LogP contribution in [0.5, 0.6) is 0 Å². The average Bonchev–Trinajstić information content (AvgIpc) is 2.90. The zero-order chi connectivity index (χ0) is 14.1. The molecule has 0 aliphatic carbocycles. The van der Waals surface area contributed by atoms with Gasteiger partial charge in [-0.05, 0) is 25.1 Å². The Morgan fingerprint density at radius 1 is 1.30 bits per heavy atom. The summed E-state index contributed by atoms with van der Waals surface area (Å²) >= 11 is 0. The van der Waals surface area contributed by atoms with Crippen molar-refractivity contribution in [3.05, 3.63) is 41.9 Å². The van der Waals surface area contributed by atoms with E-state index in [-0.39, 0.29) is 0 Å². The molecule has 6 nitrogen and oxygen atoms in total. The zero-order valence-electron chi connectivity index (χ0n) is 11.1. The van der Waals surface area contributed by atoms with Crippen LogP contribution in [0.4, 0.5) is 5.82 Å². The van der Waals surface area contributed by atoms with Crippen molar-refractivity contribution >= 4 is 16.9 Å². The molecule has 0 unspecified atom stereocenters. The van der Waals surface area contributed by atoms with Crippen molar-refractivity contribution in [1.29, 1.82) is 5.26 Å². The van der Waals surface area contributed by atoms with E-state index in [1.165, 1.54) is 0 Å². The average molecular weight is 264 g/mol. The van der Waals surface area contributed by atoms with Crippen LogP contribution in [0.1, 0.15) is 11.4 Å². The molecule has 1 N–H and O–H groups in total. The molecule has 0 saturated carbocycles. The monoisotopic (exact) mass is 264 g/mol. The molecule has 0 aliphatic rings. The van der Waals surface area contributed by atoms with Gasteiger partial charge >= 0.3 is 0 Å². The summed E-state index contributed by atoms with van der Waals surface area (Å²) in [4.78, 5) is 8.78. The molecule has 20 heavy (non-hydrogen) atoms. The molecule has 2 heterocycles. The molecule has 0 fully saturated rings. The van der Waals surface area contributed by atoms with Gasteiger partial charge in [-0.2, -0.15) is 10.4 Å². The van der Waals surface area contributed by atoms with Crippen molar-refractivity contribution in [3.63, 3.8) is 0 Å². The lowest BCUT2D eigenvalue weighted by atomic mass is 10.2. The Morgan fingerprint density at radius 2 is 2.15 bits per heavy atom. The molecule has 6 heteroatoms. The second-order valence-electron chi connectivity index (χ2n) is 4.33. The molecule has 3 rings (SSSR count). The largest absolute Gasteiger partial charge is 0.372 e. The smallest absolute Gasteiger partial charge is 0.168 e. The number of anilines is 1. The van der Waals surface area contributed by atoms with Gasteiger partial charge in [-0.25, -0.2) is 14.6 Å². The number of benzene rings is 1. The van der Waals surface area contributed by atoms with Crippen molar-refractivity contribution in [1.82, 2.24) is 19.7 Å². The van der Waals surface area contributed by atoms with E-state index < -0.39 is 0 Å². The molecule has 0 saturated heterocycles. The van der Waals surface area contributed by atoms with Crippen LogP contribution < -0.4 is 5.32 Å². The highest BCUT2D eigenvalue weighted by Gasteiger charge is 2.12. The summed E-state index contributed by atoms with van der Waals surface area (Å²) in [6.07, 6.45) is 1.72. The van der Waals surface area contributed by atoms with Crippen LogP contribution in [-0.2, 0) is 0 Å². The van der Waals surface area contributed by atoms with E-state index in [1.807, 2.05) is 26.1 Å². The van der Waals surface area contributed by atoms with Crippen molar-refractivity contribution in [3.8, 4) is 11.8 Å². The van der Waals surface area contributed by atoms with Crippen LogP contribution in [0.3, 0.4) is 0 Å². The van der Waals surface area contributed by atoms with Crippen molar-refractivity contribution in [2.45, 2.75) is 6.92 Å². The second-order valence-corrected chi connectivity index (χ2v) is 4.33. The van der Waals surface area contributed by atoms with E-state index in [0.29, 0.717) is 11.4 Å². The molecule has 1 aromatic carbocycles. The normalized spacial score (nSPS) is 10.4. The van der Waals surface area contributed by atoms with Gasteiger partial charge in [-0.1, -0.05) is 6.07 Å². The van der Waals surface area contributed by atoms with Gasteiger partial charge in [-0.3, -0.25) is 0 Å². The predicted octanol–water partition coefficient (Wildman–Crippen LogP) is 2.04. The Morgan fingerprint density at radius 3 is 2.90 bits per heavy atom. The Labute approximate surface area is 115 Å². The van der Waals surface area contributed by atoms with Gasteiger partial charge < -0.3 is 5.32 Å².